The van der Waals surface area contributed by atoms with Gasteiger partial charge in [-0.15, -0.1) is 0 Å². The molecule has 0 radical (unpaired) electrons. The van der Waals surface area contributed by atoms with Gasteiger partial charge < -0.3 is 10.1 Å². The highest BCUT2D eigenvalue weighted by Crippen LogP contribution is 2.46. The molecule has 0 aromatic rings. The minimum Gasteiger partial charge on any atom is -0.459 e. The number of carbonyl (C=O) groups is 1. The van der Waals surface area contributed by atoms with E-state index in [1.54, 1.807) is 0 Å². The molecule has 1 saturated heterocycles. The molecular weight excluding hydrogens is 214 g/mol. The highest BCUT2D eigenvalue weighted by Gasteiger charge is 2.41. The highest BCUT2D eigenvalue weighted by molar-refractivity contribution is 5.76. The van der Waals surface area contributed by atoms with Crippen molar-refractivity contribution in [1.29, 1.82) is 0 Å². The smallest absolute Gasteiger partial charge is 0.323 e. The van der Waals surface area contributed by atoms with Gasteiger partial charge in [-0.3, -0.25) is 4.79 Å². The van der Waals surface area contributed by atoms with Crippen LogP contribution in [-0.4, -0.2) is 24.2 Å². The molecule has 1 aliphatic carbocycles. The summed E-state index contributed by atoms with van der Waals surface area (Å²) in [7, 11) is 0. The zero-order valence-corrected chi connectivity index (χ0v) is 11.3. The first-order valence-electron chi connectivity index (χ1n) is 6.87. The molecule has 2 fully saturated rings. The third-order valence-corrected chi connectivity index (χ3v) is 4.04. The zero-order valence-electron chi connectivity index (χ0n) is 11.3. The second-order valence-electron chi connectivity index (χ2n) is 6.70. The fourth-order valence-electron chi connectivity index (χ4n) is 3.24. The summed E-state index contributed by atoms with van der Waals surface area (Å²) in [5, 5.41) is 3.32. The minimum absolute atomic E-state index is 0.0662. The first-order chi connectivity index (χ1) is 7.90. The van der Waals surface area contributed by atoms with Crippen LogP contribution in [0.25, 0.3) is 0 Å². The standard InChI is InChI=1S/C14H25NO2/c1-13(2,3)17-12(16)11-10-14(8-9-15-11)6-4-5-7-14/h11,15H,4-10H2,1-3H3. The highest BCUT2D eigenvalue weighted by atomic mass is 16.6. The lowest BCUT2D eigenvalue weighted by atomic mass is 9.75. The summed E-state index contributed by atoms with van der Waals surface area (Å²) in [5.74, 6) is -0.0662. The Labute approximate surface area is 104 Å². The van der Waals surface area contributed by atoms with Crippen LogP contribution in [0.3, 0.4) is 0 Å². The Kier molecular flexibility index (Phi) is 3.48. The normalized spacial score (nSPS) is 28.3. The summed E-state index contributed by atoms with van der Waals surface area (Å²) < 4.78 is 5.48. The van der Waals surface area contributed by atoms with Gasteiger partial charge in [-0.25, -0.2) is 0 Å². The Morgan fingerprint density at radius 2 is 1.88 bits per heavy atom. The Morgan fingerprint density at radius 3 is 2.47 bits per heavy atom. The van der Waals surface area contributed by atoms with Crippen LogP contribution in [0.1, 0.15) is 59.3 Å². The first kappa shape index (κ1) is 12.9. The van der Waals surface area contributed by atoms with E-state index in [1.807, 2.05) is 20.8 Å². The van der Waals surface area contributed by atoms with Crippen LogP contribution in [0.2, 0.25) is 0 Å². The number of ether oxygens (including phenoxy) is 1. The van der Waals surface area contributed by atoms with Crippen LogP contribution in [0.15, 0.2) is 0 Å². The fourth-order valence-corrected chi connectivity index (χ4v) is 3.24. The lowest BCUT2D eigenvalue weighted by Gasteiger charge is -2.38. The molecule has 0 aromatic heterocycles. The van der Waals surface area contributed by atoms with E-state index in [2.05, 4.69) is 5.32 Å². The molecule has 3 nitrogen and oxygen atoms in total. The second-order valence-corrected chi connectivity index (χ2v) is 6.70. The van der Waals surface area contributed by atoms with E-state index in [9.17, 15) is 4.79 Å². The SMILES string of the molecule is CC(C)(C)OC(=O)C1CC2(CCCC2)CCN1. The van der Waals surface area contributed by atoms with E-state index in [0.29, 0.717) is 5.41 Å². The van der Waals surface area contributed by atoms with Crippen LogP contribution in [0.4, 0.5) is 0 Å². The van der Waals surface area contributed by atoms with Crippen LogP contribution in [-0.2, 0) is 9.53 Å². The summed E-state index contributed by atoms with van der Waals surface area (Å²) in [5.41, 5.74) is 0.0614. The quantitative estimate of drug-likeness (QED) is 0.715. The predicted molar refractivity (Wildman–Crippen MR) is 67.8 cm³/mol. The Hall–Kier alpha value is -0.570. The number of piperidine rings is 1. The fraction of sp³-hybridized carbons (Fsp3) is 0.929. The minimum atomic E-state index is -0.376. The van der Waals surface area contributed by atoms with Gasteiger partial charge in [0.1, 0.15) is 11.6 Å². The number of esters is 1. The number of hydrogen-bond acceptors (Lipinski definition) is 3. The van der Waals surface area contributed by atoms with Gasteiger partial charge in [0.15, 0.2) is 0 Å². The molecule has 1 heterocycles. The molecule has 98 valence electrons. The lowest BCUT2D eigenvalue weighted by Crippen LogP contribution is -2.49. The maximum absolute atomic E-state index is 12.1. The average Bonchev–Trinajstić information content (AvgIpc) is 2.64. The molecule has 17 heavy (non-hydrogen) atoms. The van der Waals surface area contributed by atoms with Crippen molar-refractivity contribution in [2.45, 2.75) is 70.9 Å². The second kappa shape index (κ2) is 4.60. The summed E-state index contributed by atoms with van der Waals surface area (Å²) in [4.78, 5) is 12.1. The van der Waals surface area contributed by atoms with Gasteiger partial charge in [-0.1, -0.05) is 12.8 Å². The van der Waals surface area contributed by atoms with Crippen molar-refractivity contribution in [3.63, 3.8) is 0 Å². The summed E-state index contributed by atoms with van der Waals surface area (Å²) in [6, 6.07) is -0.0823. The van der Waals surface area contributed by atoms with E-state index in [1.165, 1.54) is 32.1 Å². The Morgan fingerprint density at radius 1 is 1.24 bits per heavy atom. The molecule has 1 saturated carbocycles. The monoisotopic (exact) mass is 239 g/mol. The van der Waals surface area contributed by atoms with Gasteiger partial charge in [-0.05, 0) is 58.4 Å². The van der Waals surface area contributed by atoms with E-state index >= 15 is 0 Å². The Bertz CT molecular complexity index is 287. The van der Waals surface area contributed by atoms with Crippen molar-refractivity contribution < 1.29 is 9.53 Å². The van der Waals surface area contributed by atoms with E-state index < -0.39 is 0 Å². The summed E-state index contributed by atoms with van der Waals surface area (Å²) >= 11 is 0. The number of nitrogens with one attached hydrogen (secondary N) is 1. The average molecular weight is 239 g/mol. The molecule has 1 unspecified atom stereocenters. The van der Waals surface area contributed by atoms with Crippen LogP contribution >= 0.6 is 0 Å². The molecule has 1 atom stereocenters. The van der Waals surface area contributed by atoms with Crippen molar-refractivity contribution >= 4 is 5.97 Å². The maximum Gasteiger partial charge on any atom is 0.323 e. The van der Waals surface area contributed by atoms with Crippen LogP contribution < -0.4 is 5.32 Å². The molecule has 0 amide bonds. The zero-order chi connectivity index (χ0) is 12.5. The molecule has 2 rings (SSSR count). The molecule has 0 bridgehead atoms. The van der Waals surface area contributed by atoms with Gasteiger partial charge in [0.2, 0.25) is 0 Å². The van der Waals surface area contributed by atoms with Gasteiger partial charge in [-0.2, -0.15) is 0 Å². The molecule has 1 spiro atoms. The van der Waals surface area contributed by atoms with Gasteiger partial charge >= 0.3 is 5.97 Å². The van der Waals surface area contributed by atoms with Crippen molar-refractivity contribution in [1.82, 2.24) is 5.32 Å². The molecule has 2 aliphatic rings. The van der Waals surface area contributed by atoms with Gasteiger partial charge in [0, 0.05) is 0 Å². The number of hydrogen-bond donors (Lipinski definition) is 1. The maximum atomic E-state index is 12.1. The van der Waals surface area contributed by atoms with E-state index in [-0.39, 0.29) is 17.6 Å². The largest absolute Gasteiger partial charge is 0.459 e. The van der Waals surface area contributed by atoms with Gasteiger partial charge in [0.05, 0.1) is 0 Å². The Balaban J connectivity index is 1.95. The number of rotatable bonds is 1. The van der Waals surface area contributed by atoms with Gasteiger partial charge in [0.25, 0.3) is 0 Å². The topological polar surface area (TPSA) is 38.3 Å². The van der Waals surface area contributed by atoms with Crippen molar-refractivity contribution in [2.24, 2.45) is 5.41 Å². The molecule has 3 heteroatoms. The van der Waals surface area contributed by atoms with Crippen molar-refractivity contribution in [3.05, 3.63) is 0 Å². The molecule has 1 aliphatic heterocycles. The lowest BCUT2D eigenvalue weighted by molar-refractivity contribution is -0.159. The van der Waals surface area contributed by atoms with E-state index in [4.69, 9.17) is 4.74 Å². The molecule has 0 aromatic carbocycles. The van der Waals surface area contributed by atoms with Crippen LogP contribution in [0.5, 0.6) is 0 Å². The number of carbonyl (C=O) groups excluding carboxylic acids is 1. The summed E-state index contributed by atoms with van der Waals surface area (Å²) in [6.45, 7) is 6.75. The third-order valence-electron chi connectivity index (χ3n) is 4.04. The van der Waals surface area contributed by atoms with Crippen LogP contribution in [0, 0.1) is 5.41 Å². The van der Waals surface area contributed by atoms with Crippen molar-refractivity contribution in [3.8, 4) is 0 Å². The third kappa shape index (κ3) is 3.21. The first-order valence-corrected chi connectivity index (χ1v) is 6.87. The van der Waals surface area contributed by atoms with E-state index in [0.717, 1.165) is 13.0 Å². The molecule has 1 N–H and O–H groups in total. The predicted octanol–water partition coefficient (Wildman–Crippen LogP) is 2.64. The summed E-state index contributed by atoms with van der Waals surface area (Å²) in [6.07, 6.45) is 7.47. The molecular formula is C14H25NO2. The van der Waals surface area contributed by atoms with Crippen molar-refractivity contribution in [2.75, 3.05) is 6.54 Å².